The van der Waals surface area contributed by atoms with Gasteiger partial charge in [0.25, 0.3) is 0 Å². The standard InChI is InChI=1S/C13H16N2O2/c1-15-9-10(8-14-15)7-12(16)13(17)11-5-3-2-4-6-11/h2-6,8-9,12-13,16-17H,7H2,1H3. The first-order chi connectivity index (χ1) is 8.16. The zero-order chi connectivity index (χ0) is 12.3. The lowest BCUT2D eigenvalue weighted by molar-refractivity contribution is 0.0189. The summed E-state index contributed by atoms with van der Waals surface area (Å²) in [5.74, 6) is 0. The highest BCUT2D eigenvalue weighted by molar-refractivity contribution is 5.19. The van der Waals surface area contributed by atoms with E-state index in [-0.39, 0.29) is 0 Å². The average Bonchev–Trinajstić information content (AvgIpc) is 2.75. The van der Waals surface area contributed by atoms with Crippen LogP contribution in [0.3, 0.4) is 0 Å². The minimum Gasteiger partial charge on any atom is -0.390 e. The summed E-state index contributed by atoms with van der Waals surface area (Å²) in [6, 6.07) is 9.17. The van der Waals surface area contributed by atoms with Gasteiger partial charge in [0.05, 0.1) is 12.3 Å². The molecule has 0 radical (unpaired) electrons. The van der Waals surface area contributed by atoms with E-state index in [1.165, 1.54) is 0 Å². The van der Waals surface area contributed by atoms with Crippen molar-refractivity contribution in [2.45, 2.75) is 18.6 Å². The predicted octanol–water partition coefficient (Wildman–Crippen LogP) is 1.06. The molecule has 1 heterocycles. The zero-order valence-electron chi connectivity index (χ0n) is 9.69. The van der Waals surface area contributed by atoms with Crippen molar-refractivity contribution in [2.24, 2.45) is 7.05 Å². The monoisotopic (exact) mass is 232 g/mol. The highest BCUT2D eigenvalue weighted by Crippen LogP contribution is 2.19. The quantitative estimate of drug-likeness (QED) is 0.828. The first kappa shape index (κ1) is 11.8. The number of rotatable bonds is 4. The van der Waals surface area contributed by atoms with E-state index >= 15 is 0 Å². The van der Waals surface area contributed by atoms with Crippen LogP contribution in [0.2, 0.25) is 0 Å². The lowest BCUT2D eigenvalue weighted by atomic mass is 10.0. The molecule has 90 valence electrons. The van der Waals surface area contributed by atoms with Crippen molar-refractivity contribution >= 4 is 0 Å². The van der Waals surface area contributed by atoms with Crippen LogP contribution in [0.5, 0.6) is 0 Å². The molecule has 1 aromatic carbocycles. The third kappa shape index (κ3) is 2.93. The second-order valence-electron chi connectivity index (χ2n) is 4.15. The van der Waals surface area contributed by atoms with Gasteiger partial charge in [0, 0.05) is 19.7 Å². The van der Waals surface area contributed by atoms with Gasteiger partial charge in [0.2, 0.25) is 0 Å². The maximum Gasteiger partial charge on any atom is 0.105 e. The molecule has 0 saturated heterocycles. The van der Waals surface area contributed by atoms with Crippen LogP contribution in [0.25, 0.3) is 0 Å². The summed E-state index contributed by atoms with van der Waals surface area (Å²) in [5, 5.41) is 24.0. The van der Waals surface area contributed by atoms with E-state index in [2.05, 4.69) is 5.10 Å². The van der Waals surface area contributed by atoms with Gasteiger partial charge < -0.3 is 10.2 Å². The minimum atomic E-state index is -0.864. The highest BCUT2D eigenvalue weighted by atomic mass is 16.3. The Bertz CT molecular complexity index is 467. The molecule has 0 fully saturated rings. The van der Waals surface area contributed by atoms with E-state index in [0.29, 0.717) is 6.42 Å². The Kier molecular flexibility index (Phi) is 3.56. The van der Waals surface area contributed by atoms with Crippen LogP contribution in [-0.2, 0) is 13.5 Å². The Hall–Kier alpha value is -1.65. The Labute approximate surface area is 100 Å². The molecule has 2 unspecified atom stereocenters. The summed E-state index contributed by atoms with van der Waals surface area (Å²) in [6.07, 6.45) is 2.24. The van der Waals surface area contributed by atoms with Crippen molar-refractivity contribution in [2.75, 3.05) is 0 Å². The summed E-state index contributed by atoms with van der Waals surface area (Å²) in [7, 11) is 1.82. The Morgan fingerprint density at radius 1 is 1.24 bits per heavy atom. The van der Waals surface area contributed by atoms with Crippen LogP contribution in [0.15, 0.2) is 42.7 Å². The number of hydrogen-bond donors (Lipinski definition) is 2. The first-order valence-corrected chi connectivity index (χ1v) is 5.55. The van der Waals surface area contributed by atoms with Crippen LogP contribution in [0, 0.1) is 0 Å². The Balaban J connectivity index is 2.03. The number of nitrogens with zero attached hydrogens (tertiary/aromatic N) is 2. The number of aliphatic hydroxyl groups excluding tert-OH is 2. The van der Waals surface area contributed by atoms with Crippen LogP contribution in [0.1, 0.15) is 17.2 Å². The van der Waals surface area contributed by atoms with E-state index in [1.807, 2.05) is 31.4 Å². The van der Waals surface area contributed by atoms with E-state index in [4.69, 9.17) is 0 Å². The topological polar surface area (TPSA) is 58.3 Å². The lowest BCUT2D eigenvalue weighted by Gasteiger charge is -2.17. The fourth-order valence-electron chi connectivity index (χ4n) is 1.80. The molecule has 2 atom stereocenters. The summed E-state index contributed by atoms with van der Waals surface area (Å²) in [6.45, 7) is 0. The van der Waals surface area contributed by atoms with Crippen molar-refractivity contribution in [3.05, 3.63) is 53.9 Å². The van der Waals surface area contributed by atoms with E-state index in [1.54, 1.807) is 23.0 Å². The fourth-order valence-corrected chi connectivity index (χ4v) is 1.80. The second-order valence-corrected chi connectivity index (χ2v) is 4.15. The third-order valence-corrected chi connectivity index (χ3v) is 2.71. The van der Waals surface area contributed by atoms with Gasteiger partial charge in [0.1, 0.15) is 6.10 Å². The number of benzene rings is 1. The molecule has 1 aromatic heterocycles. The lowest BCUT2D eigenvalue weighted by Crippen LogP contribution is -2.20. The van der Waals surface area contributed by atoms with Crippen molar-refractivity contribution in [3.8, 4) is 0 Å². The maximum atomic E-state index is 9.98. The van der Waals surface area contributed by atoms with Gasteiger partial charge in [-0.2, -0.15) is 5.10 Å². The molecular formula is C13H16N2O2. The molecule has 4 nitrogen and oxygen atoms in total. The van der Waals surface area contributed by atoms with Gasteiger partial charge >= 0.3 is 0 Å². The number of aliphatic hydroxyl groups is 2. The van der Waals surface area contributed by atoms with E-state index < -0.39 is 12.2 Å². The molecular weight excluding hydrogens is 216 g/mol. The molecule has 17 heavy (non-hydrogen) atoms. The molecule has 2 rings (SSSR count). The maximum absolute atomic E-state index is 9.98. The van der Waals surface area contributed by atoms with Gasteiger partial charge in [-0.15, -0.1) is 0 Å². The van der Waals surface area contributed by atoms with Gasteiger partial charge in [-0.3, -0.25) is 4.68 Å². The van der Waals surface area contributed by atoms with Gasteiger partial charge in [-0.25, -0.2) is 0 Å². The molecule has 0 aliphatic heterocycles. The molecule has 0 saturated carbocycles. The molecule has 0 amide bonds. The van der Waals surface area contributed by atoms with Crippen LogP contribution in [-0.4, -0.2) is 26.1 Å². The molecule has 2 aromatic rings. The summed E-state index contributed by atoms with van der Waals surface area (Å²) in [4.78, 5) is 0. The molecule has 0 spiro atoms. The normalized spacial score (nSPS) is 14.5. The summed E-state index contributed by atoms with van der Waals surface area (Å²) in [5.41, 5.74) is 1.64. The fraction of sp³-hybridized carbons (Fsp3) is 0.308. The largest absolute Gasteiger partial charge is 0.390 e. The van der Waals surface area contributed by atoms with Crippen molar-refractivity contribution < 1.29 is 10.2 Å². The van der Waals surface area contributed by atoms with Crippen molar-refractivity contribution in [1.29, 1.82) is 0 Å². The van der Waals surface area contributed by atoms with Crippen LogP contribution >= 0.6 is 0 Å². The highest BCUT2D eigenvalue weighted by Gasteiger charge is 2.18. The third-order valence-electron chi connectivity index (χ3n) is 2.71. The van der Waals surface area contributed by atoms with E-state index in [9.17, 15) is 10.2 Å². The minimum absolute atomic E-state index is 0.393. The van der Waals surface area contributed by atoms with Crippen molar-refractivity contribution in [1.82, 2.24) is 9.78 Å². The van der Waals surface area contributed by atoms with Crippen molar-refractivity contribution in [3.63, 3.8) is 0 Å². The SMILES string of the molecule is Cn1cc(CC(O)C(O)c2ccccc2)cn1. The predicted molar refractivity (Wildman–Crippen MR) is 64.3 cm³/mol. The van der Waals surface area contributed by atoms with E-state index in [0.717, 1.165) is 11.1 Å². The molecule has 2 N–H and O–H groups in total. The zero-order valence-corrected chi connectivity index (χ0v) is 9.69. The van der Waals surface area contributed by atoms with Crippen LogP contribution < -0.4 is 0 Å². The first-order valence-electron chi connectivity index (χ1n) is 5.55. The van der Waals surface area contributed by atoms with Gasteiger partial charge in [-0.05, 0) is 11.1 Å². The molecule has 0 aliphatic carbocycles. The smallest absolute Gasteiger partial charge is 0.105 e. The van der Waals surface area contributed by atoms with Crippen LogP contribution in [0.4, 0.5) is 0 Å². The molecule has 0 bridgehead atoms. The van der Waals surface area contributed by atoms with Gasteiger partial charge in [0.15, 0.2) is 0 Å². The Morgan fingerprint density at radius 3 is 2.53 bits per heavy atom. The summed E-state index contributed by atoms with van der Waals surface area (Å²) >= 11 is 0. The summed E-state index contributed by atoms with van der Waals surface area (Å²) < 4.78 is 1.68. The second kappa shape index (κ2) is 5.12. The average molecular weight is 232 g/mol. The Morgan fingerprint density at radius 2 is 1.94 bits per heavy atom. The van der Waals surface area contributed by atoms with Gasteiger partial charge in [-0.1, -0.05) is 30.3 Å². The number of aryl methyl sites for hydroxylation is 1. The molecule has 0 aliphatic rings. The number of aromatic nitrogens is 2. The number of hydrogen-bond acceptors (Lipinski definition) is 3. The molecule has 4 heteroatoms.